The van der Waals surface area contributed by atoms with Crippen LogP contribution in [0.3, 0.4) is 0 Å². The van der Waals surface area contributed by atoms with Gasteiger partial charge in [0.2, 0.25) is 5.91 Å². The lowest BCUT2D eigenvalue weighted by Crippen LogP contribution is -2.44. The maximum absolute atomic E-state index is 12.2. The van der Waals surface area contributed by atoms with E-state index in [9.17, 15) is 9.00 Å². The van der Waals surface area contributed by atoms with Gasteiger partial charge in [-0.25, -0.2) is 0 Å². The minimum absolute atomic E-state index is 0.0487. The molecule has 0 aliphatic carbocycles. The van der Waals surface area contributed by atoms with Crippen molar-refractivity contribution in [3.8, 4) is 0 Å². The highest BCUT2D eigenvalue weighted by atomic mass is 32.2. The van der Waals surface area contributed by atoms with E-state index in [0.29, 0.717) is 18.1 Å². The molecule has 1 heterocycles. The summed E-state index contributed by atoms with van der Waals surface area (Å²) in [4.78, 5) is 12.2. The van der Waals surface area contributed by atoms with E-state index in [0.717, 1.165) is 12.1 Å². The van der Waals surface area contributed by atoms with Gasteiger partial charge in [-0.1, -0.05) is 25.1 Å². The summed E-state index contributed by atoms with van der Waals surface area (Å²) in [5.41, 5.74) is 2.30. The minimum atomic E-state index is -0.824. The van der Waals surface area contributed by atoms with Gasteiger partial charge in [-0.3, -0.25) is 9.00 Å². The van der Waals surface area contributed by atoms with E-state index in [1.165, 1.54) is 5.56 Å². The van der Waals surface area contributed by atoms with Crippen molar-refractivity contribution in [3.63, 3.8) is 0 Å². The average molecular weight is 294 g/mol. The zero-order chi connectivity index (χ0) is 14.5. The Morgan fingerprint density at radius 1 is 1.45 bits per heavy atom. The number of benzene rings is 1. The quantitative estimate of drug-likeness (QED) is 0.866. The van der Waals surface area contributed by atoms with E-state index < -0.39 is 10.8 Å². The summed E-state index contributed by atoms with van der Waals surface area (Å²) in [6.45, 7) is 4.41. The molecule has 0 saturated carbocycles. The monoisotopic (exact) mass is 294 g/mol. The Labute approximate surface area is 122 Å². The molecule has 0 bridgehead atoms. The van der Waals surface area contributed by atoms with Crippen LogP contribution in [0.4, 0.5) is 5.69 Å². The van der Waals surface area contributed by atoms with Crippen molar-refractivity contribution in [2.24, 2.45) is 5.92 Å². The molecule has 1 aromatic rings. The van der Waals surface area contributed by atoms with Gasteiger partial charge in [-0.15, -0.1) is 0 Å². The largest absolute Gasteiger partial charge is 0.382 e. The van der Waals surface area contributed by atoms with Crippen molar-refractivity contribution in [2.75, 3.05) is 23.4 Å². The van der Waals surface area contributed by atoms with Gasteiger partial charge in [0.05, 0.1) is 5.92 Å². The highest BCUT2D eigenvalue weighted by Gasteiger charge is 2.30. The standard InChI is InChI=1S/C15H22N2O2S/c1-3-20(19)9-8-16-15(18)13-10-12-6-4-5-7-14(12)17-11(13)2/h4-7,11,13,17H,3,8-10H2,1-2H3,(H,16,18). The molecule has 4 nitrogen and oxygen atoms in total. The number of nitrogens with one attached hydrogen (secondary N) is 2. The SMILES string of the molecule is CCS(=O)CCNC(=O)C1Cc2ccccc2NC1C. The van der Waals surface area contributed by atoms with Gasteiger partial charge in [0.15, 0.2) is 0 Å². The molecule has 5 heteroatoms. The Morgan fingerprint density at radius 3 is 2.95 bits per heavy atom. The molecule has 1 aliphatic rings. The Kier molecular flexibility index (Phi) is 5.17. The molecule has 0 radical (unpaired) electrons. The van der Waals surface area contributed by atoms with Gasteiger partial charge in [-0.05, 0) is 25.0 Å². The van der Waals surface area contributed by atoms with Crippen LogP contribution in [0.25, 0.3) is 0 Å². The molecule has 0 aromatic heterocycles. The number of hydrogen-bond donors (Lipinski definition) is 2. The molecule has 2 rings (SSSR count). The van der Waals surface area contributed by atoms with Crippen molar-refractivity contribution in [1.29, 1.82) is 0 Å². The molecule has 0 spiro atoms. The maximum atomic E-state index is 12.2. The summed E-state index contributed by atoms with van der Waals surface area (Å²) in [5, 5.41) is 6.29. The third-order valence-corrected chi connectivity index (χ3v) is 5.04. The summed E-state index contributed by atoms with van der Waals surface area (Å²) in [5.74, 6) is 1.16. The fraction of sp³-hybridized carbons (Fsp3) is 0.533. The number of fused-ring (bicyclic) bond motifs is 1. The molecule has 1 aliphatic heterocycles. The van der Waals surface area contributed by atoms with E-state index >= 15 is 0 Å². The molecule has 3 atom stereocenters. The first-order chi connectivity index (χ1) is 9.61. The molecule has 1 aromatic carbocycles. The number of rotatable bonds is 5. The van der Waals surface area contributed by atoms with E-state index in [1.807, 2.05) is 32.0 Å². The Hall–Kier alpha value is -1.36. The number of hydrogen-bond acceptors (Lipinski definition) is 3. The van der Waals surface area contributed by atoms with Crippen LogP contribution in [-0.2, 0) is 22.0 Å². The molecule has 3 unspecified atom stereocenters. The van der Waals surface area contributed by atoms with Gasteiger partial charge in [-0.2, -0.15) is 0 Å². The van der Waals surface area contributed by atoms with E-state index in [-0.39, 0.29) is 17.9 Å². The molecule has 1 amide bonds. The summed E-state index contributed by atoms with van der Waals surface area (Å²) in [7, 11) is -0.824. The van der Waals surface area contributed by atoms with Gasteiger partial charge >= 0.3 is 0 Å². The molecule has 20 heavy (non-hydrogen) atoms. The number of carbonyl (C=O) groups is 1. The molecule has 2 N–H and O–H groups in total. The third-order valence-electron chi connectivity index (χ3n) is 3.73. The van der Waals surface area contributed by atoms with Crippen molar-refractivity contribution in [3.05, 3.63) is 29.8 Å². The molecular weight excluding hydrogens is 272 g/mol. The Morgan fingerprint density at radius 2 is 2.20 bits per heavy atom. The van der Waals surface area contributed by atoms with E-state index in [2.05, 4.69) is 16.7 Å². The van der Waals surface area contributed by atoms with Crippen LogP contribution < -0.4 is 10.6 Å². The minimum Gasteiger partial charge on any atom is -0.382 e. The van der Waals surface area contributed by atoms with Crippen LogP contribution >= 0.6 is 0 Å². The van der Waals surface area contributed by atoms with Crippen molar-refractivity contribution in [1.82, 2.24) is 5.32 Å². The topological polar surface area (TPSA) is 58.2 Å². The normalized spacial score (nSPS) is 22.5. The lowest BCUT2D eigenvalue weighted by molar-refractivity contribution is -0.125. The zero-order valence-electron chi connectivity index (χ0n) is 12.0. The van der Waals surface area contributed by atoms with Crippen LogP contribution in [0.1, 0.15) is 19.4 Å². The van der Waals surface area contributed by atoms with Crippen molar-refractivity contribution >= 4 is 22.4 Å². The summed E-state index contributed by atoms with van der Waals surface area (Å²) in [6, 6.07) is 8.21. The number of para-hydroxylation sites is 1. The van der Waals surface area contributed by atoms with E-state index in [4.69, 9.17) is 0 Å². The summed E-state index contributed by atoms with van der Waals surface area (Å²) >= 11 is 0. The Balaban J connectivity index is 1.92. The van der Waals surface area contributed by atoms with Crippen LogP contribution in [0.2, 0.25) is 0 Å². The van der Waals surface area contributed by atoms with Gasteiger partial charge in [0.25, 0.3) is 0 Å². The molecule has 110 valence electrons. The lowest BCUT2D eigenvalue weighted by Gasteiger charge is -2.31. The second-order valence-electron chi connectivity index (χ2n) is 5.12. The van der Waals surface area contributed by atoms with Crippen LogP contribution in [0.15, 0.2) is 24.3 Å². The highest BCUT2D eigenvalue weighted by molar-refractivity contribution is 7.84. The fourth-order valence-electron chi connectivity index (χ4n) is 2.48. The highest BCUT2D eigenvalue weighted by Crippen LogP contribution is 2.28. The Bertz CT molecular complexity index is 504. The van der Waals surface area contributed by atoms with Gasteiger partial charge in [0, 0.05) is 40.6 Å². The van der Waals surface area contributed by atoms with Crippen LogP contribution in [0.5, 0.6) is 0 Å². The van der Waals surface area contributed by atoms with Gasteiger partial charge < -0.3 is 10.6 Å². The van der Waals surface area contributed by atoms with Crippen molar-refractivity contribution in [2.45, 2.75) is 26.3 Å². The zero-order valence-corrected chi connectivity index (χ0v) is 12.8. The van der Waals surface area contributed by atoms with Crippen LogP contribution in [0, 0.1) is 5.92 Å². The van der Waals surface area contributed by atoms with Crippen molar-refractivity contribution < 1.29 is 9.00 Å². The predicted molar refractivity (Wildman–Crippen MR) is 83.3 cm³/mol. The first kappa shape index (κ1) is 15.0. The first-order valence-corrected chi connectivity index (χ1v) is 8.57. The lowest BCUT2D eigenvalue weighted by atomic mass is 9.87. The molecule has 0 saturated heterocycles. The average Bonchev–Trinajstić information content (AvgIpc) is 2.46. The second kappa shape index (κ2) is 6.88. The summed E-state index contributed by atoms with van der Waals surface area (Å²) in [6.07, 6.45) is 0.757. The van der Waals surface area contributed by atoms with Gasteiger partial charge in [0.1, 0.15) is 0 Å². The molecule has 0 fully saturated rings. The maximum Gasteiger partial charge on any atom is 0.225 e. The predicted octanol–water partition coefficient (Wildman–Crippen LogP) is 1.54. The third kappa shape index (κ3) is 3.60. The summed E-state index contributed by atoms with van der Waals surface area (Å²) < 4.78 is 11.3. The fourth-order valence-corrected chi connectivity index (χ4v) is 3.10. The smallest absolute Gasteiger partial charge is 0.225 e. The first-order valence-electron chi connectivity index (χ1n) is 7.09. The van der Waals surface area contributed by atoms with E-state index in [1.54, 1.807) is 0 Å². The van der Waals surface area contributed by atoms with Crippen LogP contribution in [-0.4, -0.2) is 34.2 Å². The molecular formula is C15H22N2O2S. The number of amides is 1. The number of anilines is 1. The number of carbonyl (C=O) groups excluding carboxylic acids is 1. The second-order valence-corrected chi connectivity index (χ2v) is 6.99.